The molecule has 0 amide bonds. The number of hydrogen-bond donors (Lipinski definition) is 0. The predicted molar refractivity (Wildman–Crippen MR) is 65.9 cm³/mol. The molecule has 4 nitrogen and oxygen atoms in total. The Hall–Kier alpha value is -0.910. The highest BCUT2D eigenvalue weighted by molar-refractivity contribution is 7.85. The summed E-state index contributed by atoms with van der Waals surface area (Å²) in [4.78, 5) is 2.22. The van der Waals surface area contributed by atoms with Gasteiger partial charge in [-0.2, -0.15) is 8.42 Å². The zero-order valence-corrected chi connectivity index (χ0v) is 10.9. The van der Waals surface area contributed by atoms with E-state index >= 15 is 0 Å². The van der Waals surface area contributed by atoms with Gasteiger partial charge in [-0.15, -0.1) is 0 Å². The molecule has 1 aliphatic rings. The number of benzene rings is 1. The Morgan fingerprint density at radius 1 is 1.29 bits per heavy atom. The fraction of sp³-hybridized carbons (Fsp3) is 0.500. The minimum absolute atomic E-state index is 0.0946. The highest BCUT2D eigenvalue weighted by Gasteiger charge is 2.23. The van der Waals surface area contributed by atoms with E-state index in [1.54, 1.807) is 0 Å². The van der Waals surface area contributed by atoms with Crippen LogP contribution in [-0.2, 0) is 27.4 Å². The third-order valence-corrected chi connectivity index (χ3v) is 3.58. The second-order valence-corrected chi connectivity index (χ2v) is 6.16. The number of nitrogens with zero attached hydrogens (tertiary/aromatic N) is 1. The van der Waals surface area contributed by atoms with Gasteiger partial charge in [0.05, 0.1) is 12.9 Å². The first-order chi connectivity index (χ1) is 7.96. The molecule has 0 bridgehead atoms. The molecule has 1 aromatic carbocycles. The Morgan fingerprint density at radius 3 is 2.29 bits per heavy atom. The van der Waals surface area contributed by atoms with Gasteiger partial charge >= 0.3 is 0 Å². The Bertz CT molecular complexity index is 473. The van der Waals surface area contributed by atoms with Gasteiger partial charge in [-0.25, -0.2) is 0 Å². The van der Waals surface area contributed by atoms with Gasteiger partial charge in [-0.3, -0.25) is 9.08 Å². The van der Waals surface area contributed by atoms with Crippen molar-refractivity contribution in [2.45, 2.75) is 26.1 Å². The lowest BCUT2D eigenvalue weighted by Crippen LogP contribution is -2.32. The van der Waals surface area contributed by atoms with Crippen LogP contribution < -0.4 is 0 Å². The van der Waals surface area contributed by atoms with Gasteiger partial charge in [0, 0.05) is 19.1 Å². The quantitative estimate of drug-likeness (QED) is 0.762. The number of fused-ring (bicyclic) bond motifs is 1. The monoisotopic (exact) mass is 255 g/mol. The van der Waals surface area contributed by atoms with Crippen molar-refractivity contribution in [3.63, 3.8) is 0 Å². The Balaban J connectivity index is 1.94. The molecule has 0 radical (unpaired) electrons. The fourth-order valence-electron chi connectivity index (χ4n) is 2.00. The van der Waals surface area contributed by atoms with E-state index in [9.17, 15) is 8.42 Å². The lowest BCUT2D eigenvalue weighted by atomic mass is 10.1. The normalized spacial score (nSPS) is 18.0. The van der Waals surface area contributed by atoms with Crippen molar-refractivity contribution in [1.82, 2.24) is 4.90 Å². The lowest BCUT2D eigenvalue weighted by Gasteiger charge is -2.22. The molecule has 1 heterocycles. The van der Waals surface area contributed by atoms with Crippen LogP contribution in [0.3, 0.4) is 0 Å². The van der Waals surface area contributed by atoms with Gasteiger partial charge in [0.25, 0.3) is 10.1 Å². The summed E-state index contributed by atoms with van der Waals surface area (Å²) in [6.45, 7) is 3.93. The van der Waals surface area contributed by atoms with Gasteiger partial charge in [-0.05, 0) is 18.1 Å². The van der Waals surface area contributed by atoms with Crippen LogP contribution in [0.4, 0.5) is 0 Å². The summed E-state index contributed by atoms with van der Waals surface area (Å²) in [5, 5.41) is 0. The summed E-state index contributed by atoms with van der Waals surface area (Å²) in [5.41, 5.74) is 2.64. The second kappa shape index (κ2) is 4.76. The molecule has 1 atom stereocenters. The van der Waals surface area contributed by atoms with Crippen LogP contribution in [0.5, 0.6) is 0 Å². The van der Waals surface area contributed by atoms with E-state index < -0.39 is 10.1 Å². The van der Waals surface area contributed by atoms with Crippen molar-refractivity contribution in [3.8, 4) is 0 Å². The molecule has 0 fully saturated rings. The van der Waals surface area contributed by atoms with E-state index in [2.05, 4.69) is 17.0 Å². The summed E-state index contributed by atoms with van der Waals surface area (Å²) < 4.78 is 26.7. The van der Waals surface area contributed by atoms with Gasteiger partial charge < -0.3 is 0 Å². The largest absolute Gasteiger partial charge is 0.290 e. The molecule has 0 spiro atoms. The van der Waals surface area contributed by atoms with Gasteiger partial charge in [-0.1, -0.05) is 24.3 Å². The number of hydrogen-bond acceptors (Lipinski definition) is 4. The van der Waals surface area contributed by atoms with E-state index in [-0.39, 0.29) is 12.6 Å². The van der Waals surface area contributed by atoms with Crippen molar-refractivity contribution in [3.05, 3.63) is 35.4 Å². The standard InChI is InChI=1S/C12H17NO3S/c1-10(9-16-17(2,14)15)13-7-11-5-3-4-6-12(11)8-13/h3-6,10H,7-9H2,1-2H3/t10-/m1/s1. The molecule has 0 saturated carbocycles. The second-order valence-electron chi connectivity index (χ2n) is 4.51. The molecular weight excluding hydrogens is 238 g/mol. The highest BCUT2D eigenvalue weighted by Crippen LogP contribution is 2.24. The number of rotatable bonds is 4. The summed E-state index contributed by atoms with van der Waals surface area (Å²) in [6.07, 6.45) is 1.08. The topological polar surface area (TPSA) is 46.6 Å². The minimum atomic E-state index is -3.34. The Morgan fingerprint density at radius 2 is 1.82 bits per heavy atom. The maximum Gasteiger partial charge on any atom is 0.264 e. The zero-order valence-electron chi connectivity index (χ0n) is 10.1. The average Bonchev–Trinajstić information content (AvgIpc) is 2.68. The Kier molecular flexibility index (Phi) is 3.51. The van der Waals surface area contributed by atoms with E-state index in [0.717, 1.165) is 19.3 Å². The first-order valence-corrected chi connectivity index (χ1v) is 7.42. The highest BCUT2D eigenvalue weighted by atomic mass is 32.2. The van der Waals surface area contributed by atoms with Crippen molar-refractivity contribution >= 4 is 10.1 Å². The molecule has 94 valence electrons. The third kappa shape index (κ3) is 3.28. The van der Waals surface area contributed by atoms with E-state index in [0.29, 0.717) is 0 Å². The molecule has 0 unspecified atom stereocenters. The first kappa shape index (κ1) is 12.5. The fourth-order valence-corrected chi connectivity index (χ4v) is 2.44. The van der Waals surface area contributed by atoms with Gasteiger partial charge in [0.2, 0.25) is 0 Å². The maximum absolute atomic E-state index is 10.9. The third-order valence-electron chi connectivity index (χ3n) is 3.01. The molecule has 0 saturated heterocycles. The first-order valence-electron chi connectivity index (χ1n) is 5.61. The average molecular weight is 255 g/mol. The molecule has 0 aliphatic carbocycles. The molecule has 17 heavy (non-hydrogen) atoms. The van der Waals surface area contributed by atoms with Gasteiger partial charge in [0.1, 0.15) is 0 Å². The van der Waals surface area contributed by atoms with Crippen LogP contribution in [0.25, 0.3) is 0 Å². The lowest BCUT2D eigenvalue weighted by molar-refractivity contribution is 0.150. The Labute approximate surface area is 102 Å². The molecule has 5 heteroatoms. The van der Waals surface area contributed by atoms with Crippen LogP contribution in [-0.4, -0.2) is 32.2 Å². The zero-order chi connectivity index (χ0) is 12.5. The van der Waals surface area contributed by atoms with Crippen LogP contribution >= 0.6 is 0 Å². The van der Waals surface area contributed by atoms with Crippen molar-refractivity contribution < 1.29 is 12.6 Å². The van der Waals surface area contributed by atoms with Crippen molar-refractivity contribution in [1.29, 1.82) is 0 Å². The van der Waals surface area contributed by atoms with Crippen LogP contribution in [0.1, 0.15) is 18.1 Å². The SMILES string of the molecule is C[C@H](COS(C)(=O)=O)N1Cc2ccccc2C1. The van der Waals surface area contributed by atoms with Crippen molar-refractivity contribution in [2.75, 3.05) is 12.9 Å². The molecule has 0 aromatic heterocycles. The van der Waals surface area contributed by atoms with Crippen molar-refractivity contribution in [2.24, 2.45) is 0 Å². The summed E-state index contributed by atoms with van der Waals surface area (Å²) >= 11 is 0. The molecule has 2 rings (SSSR count). The minimum Gasteiger partial charge on any atom is -0.290 e. The van der Waals surface area contributed by atoms with E-state index in [1.807, 2.05) is 19.1 Å². The predicted octanol–water partition coefficient (Wildman–Crippen LogP) is 1.37. The smallest absolute Gasteiger partial charge is 0.264 e. The molecule has 0 N–H and O–H groups in total. The molecule has 1 aliphatic heterocycles. The van der Waals surface area contributed by atoms with Crippen LogP contribution in [0, 0.1) is 0 Å². The summed E-state index contributed by atoms with van der Waals surface area (Å²) in [5.74, 6) is 0. The van der Waals surface area contributed by atoms with Crippen LogP contribution in [0.2, 0.25) is 0 Å². The van der Waals surface area contributed by atoms with E-state index in [4.69, 9.17) is 4.18 Å². The van der Waals surface area contributed by atoms with E-state index in [1.165, 1.54) is 11.1 Å². The molecule has 1 aromatic rings. The van der Waals surface area contributed by atoms with Crippen LogP contribution in [0.15, 0.2) is 24.3 Å². The maximum atomic E-state index is 10.9. The van der Waals surface area contributed by atoms with Gasteiger partial charge in [0.15, 0.2) is 0 Å². The summed E-state index contributed by atoms with van der Waals surface area (Å²) in [6, 6.07) is 8.37. The molecular formula is C12H17NO3S. The summed E-state index contributed by atoms with van der Waals surface area (Å²) in [7, 11) is -3.34.